The lowest BCUT2D eigenvalue weighted by Gasteiger charge is -2.28. The van der Waals surface area contributed by atoms with Gasteiger partial charge in [-0.3, -0.25) is 9.89 Å². The molecule has 0 aromatic heterocycles. The maximum atomic E-state index is 5.73. The summed E-state index contributed by atoms with van der Waals surface area (Å²) in [6.07, 6.45) is 0.889. The van der Waals surface area contributed by atoms with Gasteiger partial charge in [-0.1, -0.05) is 13.0 Å². The molecule has 2 rings (SSSR count). The number of rotatable bonds is 12. The molecule has 0 amide bonds. The first kappa shape index (κ1) is 27.8. The Kier molecular flexibility index (Phi) is 14.7. The number of benzene rings is 1. The van der Waals surface area contributed by atoms with Crippen LogP contribution in [0.25, 0.3) is 0 Å². The Morgan fingerprint density at radius 1 is 1.10 bits per heavy atom. The van der Waals surface area contributed by atoms with E-state index in [4.69, 9.17) is 19.2 Å². The van der Waals surface area contributed by atoms with Crippen molar-refractivity contribution in [3.63, 3.8) is 0 Å². The first-order valence-electron chi connectivity index (χ1n) is 11.4. The number of hydrogen-bond acceptors (Lipinski definition) is 5. The Morgan fingerprint density at radius 2 is 1.81 bits per heavy atom. The van der Waals surface area contributed by atoms with Crippen LogP contribution in [0.5, 0.6) is 11.5 Å². The van der Waals surface area contributed by atoms with Gasteiger partial charge >= 0.3 is 0 Å². The molecule has 1 aliphatic rings. The first-order valence-corrected chi connectivity index (χ1v) is 11.4. The monoisotopic (exact) mass is 548 g/mol. The van der Waals surface area contributed by atoms with Crippen LogP contribution in [0.15, 0.2) is 23.2 Å². The Hall–Kier alpha value is -1.26. The van der Waals surface area contributed by atoms with E-state index >= 15 is 0 Å². The van der Waals surface area contributed by atoms with Gasteiger partial charge in [0, 0.05) is 39.3 Å². The molecule has 7 nitrogen and oxygen atoms in total. The number of ether oxygens (including phenoxy) is 3. The summed E-state index contributed by atoms with van der Waals surface area (Å²) in [5.74, 6) is 3.01. The summed E-state index contributed by atoms with van der Waals surface area (Å²) in [5.41, 5.74) is 1.21. The number of aliphatic imine (C=N–C) groups is 1. The maximum Gasteiger partial charge on any atom is 0.191 e. The second-order valence-corrected chi connectivity index (χ2v) is 7.56. The van der Waals surface area contributed by atoms with Gasteiger partial charge in [-0.2, -0.15) is 0 Å². The quantitative estimate of drug-likeness (QED) is 0.238. The molecule has 1 unspecified atom stereocenters. The third-order valence-electron chi connectivity index (χ3n) is 4.89. The van der Waals surface area contributed by atoms with E-state index in [1.165, 1.54) is 5.56 Å². The lowest BCUT2D eigenvalue weighted by atomic mass is 10.1. The first-order chi connectivity index (χ1) is 14.7. The molecule has 1 atom stereocenters. The van der Waals surface area contributed by atoms with Gasteiger partial charge in [0.25, 0.3) is 0 Å². The lowest BCUT2D eigenvalue weighted by Crippen LogP contribution is -2.40. The second-order valence-electron chi connectivity index (χ2n) is 7.56. The van der Waals surface area contributed by atoms with Gasteiger partial charge < -0.3 is 24.8 Å². The highest BCUT2D eigenvalue weighted by Crippen LogP contribution is 2.28. The topological polar surface area (TPSA) is 67.4 Å². The molecule has 0 bridgehead atoms. The summed E-state index contributed by atoms with van der Waals surface area (Å²) in [6, 6.07) is 6.17. The third-order valence-corrected chi connectivity index (χ3v) is 4.89. The molecule has 1 aromatic carbocycles. The van der Waals surface area contributed by atoms with Crippen LogP contribution in [0.3, 0.4) is 0 Å². The van der Waals surface area contributed by atoms with Crippen LogP contribution in [-0.2, 0) is 11.2 Å². The van der Waals surface area contributed by atoms with E-state index in [-0.39, 0.29) is 24.0 Å². The Labute approximate surface area is 205 Å². The maximum absolute atomic E-state index is 5.73. The summed E-state index contributed by atoms with van der Waals surface area (Å²) in [6.45, 7) is 16.9. The van der Waals surface area contributed by atoms with E-state index in [0.29, 0.717) is 19.1 Å². The van der Waals surface area contributed by atoms with Crippen molar-refractivity contribution in [1.82, 2.24) is 15.5 Å². The molecule has 1 aromatic rings. The van der Waals surface area contributed by atoms with Gasteiger partial charge in [0.05, 0.1) is 26.4 Å². The van der Waals surface area contributed by atoms with Gasteiger partial charge in [-0.15, -0.1) is 24.0 Å². The van der Waals surface area contributed by atoms with Crippen LogP contribution in [-0.4, -0.2) is 76.6 Å². The number of nitrogens with zero attached hydrogens (tertiary/aromatic N) is 2. The molecule has 0 spiro atoms. The van der Waals surface area contributed by atoms with Gasteiger partial charge in [0.15, 0.2) is 17.5 Å². The summed E-state index contributed by atoms with van der Waals surface area (Å²) >= 11 is 0. The fraction of sp³-hybridized carbons (Fsp3) is 0.696. The average Bonchev–Trinajstić information content (AvgIpc) is 2.75. The zero-order valence-electron chi connectivity index (χ0n) is 19.6. The van der Waals surface area contributed by atoms with Gasteiger partial charge in [0.2, 0.25) is 0 Å². The molecule has 1 fully saturated rings. The molecule has 178 valence electrons. The van der Waals surface area contributed by atoms with E-state index in [1.54, 1.807) is 0 Å². The predicted octanol–water partition coefficient (Wildman–Crippen LogP) is 3.17. The van der Waals surface area contributed by atoms with E-state index in [1.807, 2.05) is 19.9 Å². The molecule has 2 N–H and O–H groups in total. The molecule has 0 radical (unpaired) electrons. The minimum atomic E-state index is 0. The number of nitrogens with one attached hydrogen (secondary N) is 2. The molecule has 1 aliphatic heterocycles. The Bertz CT molecular complexity index is 639. The number of morpholine rings is 1. The fourth-order valence-corrected chi connectivity index (χ4v) is 3.45. The SMILES string of the molecule is CCNC(=NCC(C)CN1CCOCC1)NCCc1ccc(OCC)c(OCC)c1.I. The normalized spacial score (nSPS) is 15.7. The van der Waals surface area contributed by atoms with E-state index < -0.39 is 0 Å². The minimum Gasteiger partial charge on any atom is -0.490 e. The highest BCUT2D eigenvalue weighted by atomic mass is 127. The molecule has 31 heavy (non-hydrogen) atoms. The molecule has 1 saturated heterocycles. The molecule has 0 aliphatic carbocycles. The zero-order valence-corrected chi connectivity index (χ0v) is 21.9. The predicted molar refractivity (Wildman–Crippen MR) is 138 cm³/mol. The van der Waals surface area contributed by atoms with Crippen LogP contribution in [0.2, 0.25) is 0 Å². The van der Waals surface area contributed by atoms with Crippen LogP contribution in [0.1, 0.15) is 33.3 Å². The highest BCUT2D eigenvalue weighted by Gasteiger charge is 2.13. The second kappa shape index (κ2) is 16.4. The molecule has 1 heterocycles. The van der Waals surface area contributed by atoms with Crippen molar-refractivity contribution in [2.45, 2.75) is 34.1 Å². The Balaban J connectivity index is 0.00000480. The van der Waals surface area contributed by atoms with Crippen molar-refractivity contribution in [3.8, 4) is 11.5 Å². The standard InChI is InChI=1S/C23H40N4O3.HI/c1-5-24-23(26-17-19(4)18-27-12-14-28-15-13-27)25-11-10-20-8-9-21(29-6-2)22(16-20)30-7-3;/h8-9,16,19H,5-7,10-15,17-18H2,1-4H3,(H2,24,25,26);1H. The van der Waals surface area contributed by atoms with Crippen molar-refractivity contribution in [2.24, 2.45) is 10.9 Å². The number of hydrogen-bond donors (Lipinski definition) is 2. The van der Waals surface area contributed by atoms with Crippen molar-refractivity contribution in [2.75, 3.05) is 65.7 Å². The van der Waals surface area contributed by atoms with Crippen molar-refractivity contribution in [1.29, 1.82) is 0 Å². The number of halogens is 1. The zero-order chi connectivity index (χ0) is 21.6. The van der Waals surface area contributed by atoms with Crippen LogP contribution in [0.4, 0.5) is 0 Å². The van der Waals surface area contributed by atoms with Crippen LogP contribution < -0.4 is 20.1 Å². The molecular weight excluding hydrogens is 507 g/mol. The van der Waals surface area contributed by atoms with Crippen LogP contribution in [0, 0.1) is 5.92 Å². The summed E-state index contributed by atoms with van der Waals surface area (Å²) < 4.78 is 16.8. The van der Waals surface area contributed by atoms with Gasteiger partial charge in [-0.05, 0) is 50.8 Å². The molecule has 0 saturated carbocycles. The Morgan fingerprint density at radius 3 is 2.48 bits per heavy atom. The van der Waals surface area contributed by atoms with Crippen molar-refractivity contribution >= 4 is 29.9 Å². The van der Waals surface area contributed by atoms with E-state index in [2.05, 4.69) is 41.5 Å². The summed E-state index contributed by atoms with van der Waals surface area (Å²) in [5, 5.41) is 6.80. The number of guanidine groups is 1. The largest absolute Gasteiger partial charge is 0.490 e. The minimum absolute atomic E-state index is 0. The lowest BCUT2D eigenvalue weighted by molar-refractivity contribution is 0.0323. The smallest absolute Gasteiger partial charge is 0.191 e. The highest BCUT2D eigenvalue weighted by molar-refractivity contribution is 14.0. The summed E-state index contributed by atoms with van der Waals surface area (Å²) in [7, 11) is 0. The van der Waals surface area contributed by atoms with Crippen molar-refractivity contribution in [3.05, 3.63) is 23.8 Å². The van der Waals surface area contributed by atoms with Crippen molar-refractivity contribution < 1.29 is 14.2 Å². The third kappa shape index (κ3) is 10.7. The van der Waals surface area contributed by atoms with Gasteiger partial charge in [0.1, 0.15) is 0 Å². The molecule has 8 heteroatoms. The van der Waals surface area contributed by atoms with E-state index in [9.17, 15) is 0 Å². The molecular formula is C23H41IN4O3. The van der Waals surface area contributed by atoms with Gasteiger partial charge in [-0.25, -0.2) is 0 Å². The van der Waals surface area contributed by atoms with Crippen LogP contribution >= 0.6 is 24.0 Å². The average molecular weight is 549 g/mol. The summed E-state index contributed by atoms with van der Waals surface area (Å²) in [4.78, 5) is 7.25. The van der Waals surface area contributed by atoms with E-state index in [0.717, 1.165) is 76.4 Å². The fourth-order valence-electron chi connectivity index (χ4n) is 3.45.